The van der Waals surface area contributed by atoms with E-state index in [4.69, 9.17) is 9.47 Å². The van der Waals surface area contributed by atoms with Gasteiger partial charge < -0.3 is 14.6 Å². The first-order valence-corrected chi connectivity index (χ1v) is 9.76. The fourth-order valence-corrected chi connectivity index (χ4v) is 3.35. The Bertz CT molecular complexity index is 972. The number of rotatable bonds is 5. The number of nitrogens with zero attached hydrogens (tertiary/aromatic N) is 2. The van der Waals surface area contributed by atoms with E-state index >= 15 is 0 Å². The van der Waals surface area contributed by atoms with Crippen LogP contribution >= 0.6 is 0 Å². The van der Waals surface area contributed by atoms with Crippen LogP contribution in [-0.4, -0.2) is 52.3 Å². The van der Waals surface area contributed by atoms with E-state index in [1.54, 1.807) is 0 Å². The second-order valence-corrected chi connectivity index (χ2v) is 8.83. The first kappa shape index (κ1) is 25.1. The molecule has 6 nitrogen and oxygen atoms in total. The summed E-state index contributed by atoms with van der Waals surface area (Å²) < 4.78 is 106. The van der Waals surface area contributed by atoms with E-state index in [2.05, 4.69) is 5.10 Å². The molecule has 184 valence electrons. The Labute approximate surface area is 183 Å². The molecule has 13 heteroatoms. The number of aryl methyl sites for hydroxylation is 1. The van der Waals surface area contributed by atoms with Gasteiger partial charge in [-0.15, -0.1) is 0 Å². The SMILES string of the molecule is CC(C)(C)C1=NN(C(=O)CCc2ccc3c(c2)OCO3)[C@@](O)(C(F)(F)C(F)(F)C(F)(F)F)C1. The van der Waals surface area contributed by atoms with Crippen LogP contribution in [0.1, 0.15) is 39.2 Å². The lowest BCUT2D eigenvalue weighted by Crippen LogP contribution is -2.69. The van der Waals surface area contributed by atoms with Gasteiger partial charge in [-0.3, -0.25) is 4.79 Å². The predicted molar refractivity (Wildman–Crippen MR) is 100 cm³/mol. The van der Waals surface area contributed by atoms with Crippen LogP contribution < -0.4 is 9.47 Å². The number of carbonyl (C=O) groups is 1. The van der Waals surface area contributed by atoms with E-state index < -0.39 is 47.9 Å². The quantitative estimate of drug-likeness (QED) is 0.623. The van der Waals surface area contributed by atoms with Crippen molar-refractivity contribution in [3.05, 3.63) is 23.8 Å². The van der Waals surface area contributed by atoms with E-state index in [1.165, 1.54) is 39.0 Å². The van der Waals surface area contributed by atoms with Gasteiger partial charge in [-0.2, -0.15) is 40.8 Å². The molecule has 0 unspecified atom stereocenters. The molecule has 0 fully saturated rings. The second kappa shape index (κ2) is 7.74. The van der Waals surface area contributed by atoms with E-state index in [0.717, 1.165) is 0 Å². The van der Waals surface area contributed by atoms with Crippen molar-refractivity contribution in [1.29, 1.82) is 0 Å². The molecule has 0 aromatic heterocycles. The van der Waals surface area contributed by atoms with Gasteiger partial charge >= 0.3 is 18.0 Å². The lowest BCUT2D eigenvalue weighted by atomic mass is 9.83. The maximum atomic E-state index is 14.7. The number of hydrazone groups is 1. The van der Waals surface area contributed by atoms with Gasteiger partial charge in [0.15, 0.2) is 11.5 Å². The second-order valence-electron chi connectivity index (χ2n) is 8.83. The predicted octanol–water partition coefficient (Wildman–Crippen LogP) is 4.50. The minimum atomic E-state index is -6.68. The highest BCUT2D eigenvalue weighted by atomic mass is 19.4. The first-order chi connectivity index (χ1) is 14.9. The highest BCUT2D eigenvalue weighted by Crippen LogP contribution is 2.55. The van der Waals surface area contributed by atoms with Crippen molar-refractivity contribution in [2.75, 3.05) is 6.79 Å². The smallest absolute Gasteiger partial charge is 0.454 e. The number of hydrogen-bond donors (Lipinski definition) is 1. The standard InChI is InChI=1S/C20H21F7N2O4/c1-16(2,3)14-9-17(31,18(21,22)19(23,24)20(25,26)27)29(28-14)15(30)7-5-11-4-6-12-13(8-11)33-10-32-12/h4,6,8,31H,5,7,9-10H2,1-3H3/t17-/m0/s1. The summed E-state index contributed by atoms with van der Waals surface area (Å²) in [5.41, 5.74) is -5.19. The highest BCUT2D eigenvalue weighted by Gasteiger charge is 2.82. The molecule has 1 atom stereocenters. The average Bonchev–Trinajstić information content (AvgIpc) is 3.29. The molecule has 0 spiro atoms. The Morgan fingerprint density at radius 1 is 1.09 bits per heavy atom. The minimum Gasteiger partial charge on any atom is -0.454 e. The zero-order chi connectivity index (χ0) is 25.0. The molecular weight excluding hydrogens is 465 g/mol. The summed E-state index contributed by atoms with van der Waals surface area (Å²) in [7, 11) is 0. The minimum absolute atomic E-state index is 0.0225. The van der Waals surface area contributed by atoms with Crippen molar-refractivity contribution in [3.8, 4) is 11.5 Å². The molecule has 0 radical (unpaired) electrons. The topological polar surface area (TPSA) is 71.4 Å². The first-order valence-electron chi connectivity index (χ1n) is 9.76. The summed E-state index contributed by atoms with van der Waals surface area (Å²) >= 11 is 0. The number of fused-ring (bicyclic) bond motifs is 1. The van der Waals surface area contributed by atoms with Gasteiger partial charge in [0, 0.05) is 24.0 Å². The Hall–Kier alpha value is -2.57. The zero-order valence-corrected chi connectivity index (χ0v) is 17.8. The molecule has 2 aliphatic heterocycles. The van der Waals surface area contributed by atoms with Crippen molar-refractivity contribution < 1.29 is 50.1 Å². The van der Waals surface area contributed by atoms with Crippen LogP contribution in [0.4, 0.5) is 30.7 Å². The van der Waals surface area contributed by atoms with Crippen LogP contribution in [0.15, 0.2) is 23.3 Å². The molecular formula is C20H21F7N2O4. The highest BCUT2D eigenvalue weighted by molar-refractivity contribution is 5.94. The van der Waals surface area contributed by atoms with Gasteiger partial charge in [0.1, 0.15) is 0 Å². The van der Waals surface area contributed by atoms with E-state index in [0.29, 0.717) is 17.1 Å². The third kappa shape index (κ3) is 4.11. The fraction of sp³-hybridized carbons (Fsp3) is 0.600. The monoisotopic (exact) mass is 486 g/mol. The molecule has 3 rings (SSSR count). The molecule has 2 aliphatic rings. The van der Waals surface area contributed by atoms with Crippen molar-refractivity contribution >= 4 is 11.6 Å². The maximum absolute atomic E-state index is 14.7. The summed E-state index contributed by atoms with van der Waals surface area (Å²) in [4.78, 5) is 12.7. The van der Waals surface area contributed by atoms with Crippen molar-refractivity contribution in [1.82, 2.24) is 5.01 Å². The van der Waals surface area contributed by atoms with Crippen LogP contribution in [0.3, 0.4) is 0 Å². The van der Waals surface area contributed by atoms with Crippen molar-refractivity contribution in [2.24, 2.45) is 10.5 Å². The van der Waals surface area contributed by atoms with Gasteiger partial charge in [-0.25, -0.2) is 0 Å². The normalized spacial score (nSPS) is 21.4. The van der Waals surface area contributed by atoms with Crippen LogP contribution in [0.2, 0.25) is 0 Å². The molecule has 1 N–H and O–H groups in total. The van der Waals surface area contributed by atoms with Gasteiger partial charge in [0.25, 0.3) is 0 Å². The molecule has 2 heterocycles. The lowest BCUT2D eigenvalue weighted by molar-refractivity contribution is -0.401. The van der Waals surface area contributed by atoms with E-state index in [9.17, 15) is 40.6 Å². The van der Waals surface area contributed by atoms with Crippen LogP contribution in [0.25, 0.3) is 0 Å². The summed E-state index contributed by atoms with van der Waals surface area (Å²) in [6.07, 6.45) is -8.80. The average molecular weight is 486 g/mol. The molecule has 1 aromatic carbocycles. The molecule has 1 aromatic rings. The summed E-state index contributed by atoms with van der Waals surface area (Å²) in [5.74, 6) is -13.3. The summed E-state index contributed by atoms with van der Waals surface area (Å²) in [5, 5.41) is 13.8. The maximum Gasteiger partial charge on any atom is 0.460 e. The van der Waals surface area contributed by atoms with Crippen LogP contribution in [0, 0.1) is 5.41 Å². The fourth-order valence-electron chi connectivity index (χ4n) is 3.35. The Balaban J connectivity index is 1.91. The molecule has 33 heavy (non-hydrogen) atoms. The Morgan fingerprint density at radius 2 is 1.70 bits per heavy atom. The zero-order valence-electron chi connectivity index (χ0n) is 17.8. The third-order valence-electron chi connectivity index (χ3n) is 5.40. The van der Waals surface area contributed by atoms with Gasteiger partial charge in [-0.1, -0.05) is 26.8 Å². The largest absolute Gasteiger partial charge is 0.460 e. The van der Waals surface area contributed by atoms with Crippen molar-refractivity contribution in [3.63, 3.8) is 0 Å². The number of benzene rings is 1. The molecule has 0 bridgehead atoms. The summed E-state index contributed by atoms with van der Waals surface area (Å²) in [6.45, 7) is 4.25. The number of amides is 1. The van der Waals surface area contributed by atoms with E-state index in [-0.39, 0.29) is 23.9 Å². The van der Waals surface area contributed by atoms with Gasteiger partial charge in [-0.05, 0) is 24.1 Å². The number of hydrogen-bond acceptors (Lipinski definition) is 5. The van der Waals surface area contributed by atoms with Gasteiger partial charge in [0.2, 0.25) is 18.4 Å². The van der Waals surface area contributed by atoms with Crippen LogP contribution in [0.5, 0.6) is 11.5 Å². The van der Waals surface area contributed by atoms with E-state index in [1.807, 2.05) is 0 Å². The van der Waals surface area contributed by atoms with Gasteiger partial charge in [0.05, 0.1) is 0 Å². The third-order valence-corrected chi connectivity index (χ3v) is 5.40. The number of alkyl halides is 7. The summed E-state index contributed by atoms with van der Waals surface area (Å²) in [6, 6.07) is 4.57. The molecule has 0 aliphatic carbocycles. The molecule has 1 amide bonds. The Kier molecular flexibility index (Phi) is 5.88. The van der Waals surface area contributed by atoms with Crippen LogP contribution in [-0.2, 0) is 11.2 Å². The number of halogens is 7. The molecule has 0 saturated heterocycles. The molecule has 0 saturated carbocycles. The number of carbonyl (C=O) groups excluding carboxylic acids is 1. The number of aliphatic hydroxyl groups is 1. The Morgan fingerprint density at radius 3 is 2.27 bits per heavy atom. The van der Waals surface area contributed by atoms with Crippen molar-refractivity contribution in [2.45, 2.75) is 63.8 Å². The lowest BCUT2D eigenvalue weighted by Gasteiger charge is -2.41. The number of ether oxygens (including phenoxy) is 2.